The van der Waals surface area contributed by atoms with Crippen molar-refractivity contribution in [2.24, 2.45) is 0 Å². The van der Waals surface area contributed by atoms with Gasteiger partial charge in [-0.05, 0) is 80.9 Å². The topological polar surface area (TPSA) is 91.0 Å². The summed E-state index contributed by atoms with van der Waals surface area (Å²) in [5.74, 6) is 0.628. The van der Waals surface area contributed by atoms with Crippen LogP contribution in [0, 0.1) is 0 Å². The van der Waals surface area contributed by atoms with E-state index >= 15 is 0 Å². The molecular formula is C27H29N5O2S. The Labute approximate surface area is 205 Å². The number of nitrogens with zero attached hydrogens (tertiary/aromatic N) is 3. The van der Waals surface area contributed by atoms with Crippen molar-refractivity contribution in [2.45, 2.75) is 24.2 Å². The molecule has 0 bridgehead atoms. The van der Waals surface area contributed by atoms with Crippen molar-refractivity contribution in [3.05, 3.63) is 78.2 Å². The SMILES string of the molecule is O=S(=O)(CCCN1CCCC1)c1ccc(Nc2ncc(C=Cc3cccc4[nH]ccc34)cn2)cc1. The number of hydrogen-bond donors (Lipinski definition) is 2. The summed E-state index contributed by atoms with van der Waals surface area (Å²) < 4.78 is 25.3. The number of H-pyrrole nitrogens is 1. The number of likely N-dealkylation sites (tertiary alicyclic amines) is 1. The minimum absolute atomic E-state index is 0.174. The fourth-order valence-corrected chi connectivity index (χ4v) is 5.70. The Morgan fingerprint density at radius 1 is 0.971 bits per heavy atom. The van der Waals surface area contributed by atoms with Gasteiger partial charge < -0.3 is 15.2 Å². The van der Waals surface area contributed by atoms with Crippen LogP contribution in [-0.2, 0) is 9.84 Å². The van der Waals surface area contributed by atoms with Crippen LogP contribution in [-0.4, -0.2) is 53.7 Å². The number of nitrogens with one attached hydrogen (secondary N) is 2. The lowest BCUT2D eigenvalue weighted by Crippen LogP contribution is -2.22. The van der Waals surface area contributed by atoms with Crippen LogP contribution in [0.1, 0.15) is 30.4 Å². The van der Waals surface area contributed by atoms with Gasteiger partial charge in [0.25, 0.3) is 0 Å². The van der Waals surface area contributed by atoms with Crippen LogP contribution >= 0.6 is 0 Å². The Morgan fingerprint density at radius 2 is 1.74 bits per heavy atom. The number of anilines is 2. The first-order valence-corrected chi connectivity index (χ1v) is 13.6. The Hall–Kier alpha value is -3.49. The quantitative estimate of drug-likeness (QED) is 0.340. The molecular weight excluding hydrogens is 458 g/mol. The lowest BCUT2D eigenvalue weighted by Gasteiger charge is -2.14. The highest BCUT2D eigenvalue weighted by molar-refractivity contribution is 7.91. The van der Waals surface area contributed by atoms with Crippen LogP contribution in [0.25, 0.3) is 23.1 Å². The van der Waals surface area contributed by atoms with Gasteiger partial charge in [-0.15, -0.1) is 0 Å². The fraction of sp³-hybridized carbons (Fsp3) is 0.259. The zero-order chi connectivity index (χ0) is 24.1. The lowest BCUT2D eigenvalue weighted by molar-refractivity contribution is 0.340. The van der Waals surface area contributed by atoms with E-state index in [4.69, 9.17) is 0 Å². The molecule has 2 aromatic heterocycles. The summed E-state index contributed by atoms with van der Waals surface area (Å²) in [4.78, 5) is 14.7. The normalized spacial score (nSPS) is 14.7. The molecule has 8 heteroatoms. The molecule has 0 saturated carbocycles. The van der Waals surface area contributed by atoms with E-state index < -0.39 is 9.84 Å². The first kappa shape index (κ1) is 23.3. The van der Waals surface area contributed by atoms with Crippen LogP contribution < -0.4 is 5.32 Å². The van der Waals surface area contributed by atoms with E-state index in [1.54, 1.807) is 36.7 Å². The Bertz CT molecular complexity index is 1400. The predicted octanol–water partition coefficient (Wildman–Crippen LogP) is 5.13. The molecule has 2 N–H and O–H groups in total. The molecule has 3 heterocycles. The molecule has 1 aliphatic rings. The number of sulfone groups is 1. The van der Waals surface area contributed by atoms with Crippen molar-refractivity contribution in [3.8, 4) is 0 Å². The minimum atomic E-state index is -3.28. The first-order valence-electron chi connectivity index (χ1n) is 12.0. The van der Waals surface area contributed by atoms with Crippen molar-refractivity contribution >= 4 is 44.5 Å². The molecule has 2 aromatic carbocycles. The third-order valence-electron chi connectivity index (χ3n) is 6.31. The van der Waals surface area contributed by atoms with Gasteiger partial charge in [0.1, 0.15) is 0 Å². The molecule has 1 saturated heterocycles. The largest absolute Gasteiger partial charge is 0.361 e. The minimum Gasteiger partial charge on any atom is -0.361 e. The molecule has 0 spiro atoms. The van der Waals surface area contributed by atoms with Gasteiger partial charge in [0, 0.05) is 40.7 Å². The van der Waals surface area contributed by atoms with Gasteiger partial charge in [-0.1, -0.05) is 24.3 Å². The summed E-state index contributed by atoms with van der Waals surface area (Å²) in [6.45, 7) is 3.02. The number of benzene rings is 2. The number of hydrogen-bond acceptors (Lipinski definition) is 6. The van der Waals surface area contributed by atoms with Gasteiger partial charge in [0.05, 0.1) is 10.6 Å². The van der Waals surface area contributed by atoms with E-state index in [9.17, 15) is 8.42 Å². The fourth-order valence-electron chi connectivity index (χ4n) is 4.41. The predicted molar refractivity (Wildman–Crippen MR) is 141 cm³/mol. The molecule has 0 unspecified atom stereocenters. The standard InChI is InChI=1S/C27H29N5O2S/c33-35(34,18-4-17-32-15-1-2-16-32)24-11-9-23(10-12-24)31-27-29-19-21(20-30-27)7-8-22-5-3-6-26-25(22)13-14-28-26/h3,5-14,19-20,28H,1-2,4,15-18H2,(H,29,30,31). The third-order valence-corrected chi connectivity index (χ3v) is 8.13. The molecule has 0 aliphatic carbocycles. The Kier molecular flexibility index (Phi) is 6.92. The highest BCUT2D eigenvalue weighted by Crippen LogP contribution is 2.21. The van der Waals surface area contributed by atoms with Gasteiger partial charge in [0.2, 0.25) is 5.95 Å². The van der Waals surface area contributed by atoms with Gasteiger partial charge in [-0.3, -0.25) is 0 Å². The molecule has 0 radical (unpaired) electrons. The van der Waals surface area contributed by atoms with Crippen molar-refractivity contribution in [3.63, 3.8) is 0 Å². The molecule has 0 amide bonds. The number of fused-ring (bicyclic) bond motifs is 1. The van der Waals surface area contributed by atoms with Crippen LogP contribution in [0.3, 0.4) is 0 Å². The maximum Gasteiger partial charge on any atom is 0.227 e. The van der Waals surface area contributed by atoms with Crippen molar-refractivity contribution < 1.29 is 8.42 Å². The number of aromatic amines is 1. The summed E-state index contributed by atoms with van der Waals surface area (Å²) in [6, 6.07) is 15.0. The third kappa shape index (κ3) is 5.78. The molecule has 35 heavy (non-hydrogen) atoms. The maximum absolute atomic E-state index is 12.7. The Balaban J connectivity index is 1.17. The van der Waals surface area contributed by atoms with E-state index in [1.165, 1.54) is 18.2 Å². The summed E-state index contributed by atoms with van der Waals surface area (Å²) in [5, 5.41) is 4.30. The molecule has 4 aromatic rings. The molecule has 180 valence electrons. The highest BCUT2D eigenvalue weighted by atomic mass is 32.2. The van der Waals surface area contributed by atoms with Crippen LogP contribution in [0.5, 0.6) is 0 Å². The molecule has 7 nitrogen and oxygen atoms in total. The first-order chi connectivity index (χ1) is 17.1. The molecule has 1 fully saturated rings. The number of aromatic nitrogens is 3. The van der Waals surface area contributed by atoms with Crippen molar-refractivity contribution in [2.75, 3.05) is 30.7 Å². The molecule has 1 aliphatic heterocycles. The molecule has 0 atom stereocenters. The second-order valence-corrected chi connectivity index (χ2v) is 10.9. The molecule has 5 rings (SSSR count). The van der Waals surface area contributed by atoms with Crippen LogP contribution in [0.2, 0.25) is 0 Å². The van der Waals surface area contributed by atoms with Gasteiger partial charge >= 0.3 is 0 Å². The summed E-state index contributed by atoms with van der Waals surface area (Å²) in [6.07, 6.45) is 12.6. The second-order valence-electron chi connectivity index (χ2n) is 8.83. The van der Waals surface area contributed by atoms with E-state index in [2.05, 4.69) is 37.3 Å². The highest BCUT2D eigenvalue weighted by Gasteiger charge is 2.16. The van der Waals surface area contributed by atoms with E-state index in [-0.39, 0.29) is 5.75 Å². The lowest BCUT2D eigenvalue weighted by atomic mass is 10.1. The van der Waals surface area contributed by atoms with Crippen molar-refractivity contribution in [1.82, 2.24) is 19.9 Å². The average Bonchev–Trinajstić information content (AvgIpc) is 3.56. The monoisotopic (exact) mass is 487 g/mol. The van der Waals surface area contributed by atoms with Gasteiger partial charge in [-0.25, -0.2) is 18.4 Å². The van der Waals surface area contributed by atoms with Crippen LogP contribution in [0.4, 0.5) is 11.6 Å². The zero-order valence-corrected chi connectivity index (χ0v) is 20.3. The van der Waals surface area contributed by atoms with E-state index in [1.807, 2.05) is 30.5 Å². The number of rotatable bonds is 9. The summed E-state index contributed by atoms with van der Waals surface area (Å²) >= 11 is 0. The summed E-state index contributed by atoms with van der Waals surface area (Å²) in [5.41, 5.74) is 3.85. The smallest absolute Gasteiger partial charge is 0.227 e. The maximum atomic E-state index is 12.7. The average molecular weight is 488 g/mol. The van der Waals surface area contributed by atoms with Crippen LogP contribution in [0.15, 0.2) is 72.0 Å². The second kappa shape index (κ2) is 10.4. The van der Waals surface area contributed by atoms with Gasteiger partial charge in [-0.2, -0.15) is 0 Å². The summed E-state index contributed by atoms with van der Waals surface area (Å²) in [7, 11) is -3.28. The van der Waals surface area contributed by atoms with Crippen molar-refractivity contribution in [1.29, 1.82) is 0 Å². The van der Waals surface area contributed by atoms with E-state index in [0.717, 1.165) is 42.0 Å². The van der Waals surface area contributed by atoms with E-state index in [0.29, 0.717) is 17.3 Å². The van der Waals surface area contributed by atoms with Gasteiger partial charge in [0.15, 0.2) is 9.84 Å². The Morgan fingerprint density at radius 3 is 2.51 bits per heavy atom. The zero-order valence-electron chi connectivity index (χ0n) is 19.5.